The predicted molar refractivity (Wildman–Crippen MR) is 66.2 cm³/mol. The fourth-order valence-electron chi connectivity index (χ4n) is 1.30. The highest BCUT2D eigenvalue weighted by Crippen LogP contribution is 2.08. The first-order valence-electron chi connectivity index (χ1n) is 5.40. The van der Waals surface area contributed by atoms with Gasteiger partial charge < -0.3 is 4.74 Å². The summed E-state index contributed by atoms with van der Waals surface area (Å²) in [5.41, 5.74) is 0.701. The van der Waals surface area contributed by atoms with E-state index in [2.05, 4.69) is 9.71 Å². The lowest BCUT2D eigenvalue weighted by Crippen LogP contribution is -2.32. The van der Waals surface area contributed by atoms with E-state index in [9.17, 15) is 8.42 Å². The maximum Gasteiger partial charge on any atom is 0.228 e. The van der Waals surface area contributed by atoms with E-state index in [1.807, 2.05) is 0 Å². The molecule has 0 aliphatic heterocycles. The molecule has 6 nitrogen and oxygen atoms in total. The average Bonchev–Trinajstić information content (AvgIpc) is 2.38. The van der Waals surface area contributed by atoms with Crippen molar-refractivity contribution in [3.05, 3.63) is 23.9 Å². The Morgan fingerprint density at radius 2 is 2.28 bits per heavy atom. The van der Waals surface area contributed by atoms with Gasteiger partial charge in [0, 0.05) is 18.8 Å². The smallest absolute Gasteiger partial charge is 0.228 e. The quantitative estimate of drug-likeness (QED) is 0.825. The lowest BCUT2D eigenvalue weighted by molar-refractivity contribution is 0.397. The highest BCUT2D eigenvalue weighted by molar-refractivity contribution is 7.90. The highest BCUT2D eigenvalue weighted by atomic mass is 32.2. The zero-order valence-corrected chi connectivity index (χ0v) is 11.1. The summed E-state index contributed by atoms with van der Waals surface area (Å²) in [6, 6.07) is 5.11. The van der Waals surface area contributed by atoms with Crippen LogP contribution in [0.3, 0.4) is 0 Å². The SMILES string of the molecule is CCC(C#N)S(=O)(=O)NCc1ccc(OC)nc1. The zero-order chi connectivity index (χ0) is 13.6. The van der Waals surface area contributed by atoms with E-state index in [0.29, 0.717) is 11.4 Å². The number of aromatic nitrogens is 1. The van der Waals surface area contributed by atoms with Gasteiger partial charge in [-0.15, -0.1) is 0 Å². The lowest BCUT2D eigenvalue weighted by Gasteiger charge is -2.10. The van der Waals surface area contributed by atoms with Crippen LogP contribution in [0.5, 0.6) is 5.88 Å². The Balaban J connectivity index is 2.67. The van der Waals surface area contributed by atoms with Gasteiger partial charge in [-0.25, -0.2) is 18.1 Å². The van der Waals surface area contributed by atoms with E-state index < -0.39 is 15.3 Å². The van der Waals surface area contributed by atoms with Crippen LogP contribution in [0, 0.1) is 11.3 Å². The summed E-state index contributed by atoms with van der Waals surface area (Å²) in [5.74, 6) is 0.463. The molecule has 0 aromatic carbocycles. The third kappa shape index (κ3) is 3.68. The minimum absolute atomic E-state index is 0.109. The van der Waals surface area contributed by atoms with E-state index in [-0.39, 0.29) is 13.0 Å². The molecule has 0 fully saturated rings. The van der Waals surface area contributed by atoms with Crippen LogP contribution in [0.15, 0.2) is 18.3 Å². The average molecular weight is 269 g/mol. The minimum Gasteiger partial charge on any atom is -0.481 e. The third-order valence-electron chi connectivity index (χ3n) is 2.37. The first-order chi connectivity index (χ1) is 8.53. The molecule has 0 bridgehead atoms. The van der Waals surface area contributed by atoms with Crippen molar-refractivity contribution in [2.45, 2.75) is 25.1 Å². The molecule has 1 atom stereocenters. The molecular formula is C11H15N3O3S. The van der Waals surface area contributed by atoms with Crippen molar-refractivity contribution in [1.29, 1.82) is 5.26 Å². The topological polar surface area (TPSA) is 92.1 Å². The van der Waals surface area contributed by atoms with Gasteiger partial charge in [0.25, 0.3) is 0 Å². The Labute approximate surface area is 107 Å². The van der Waals surface area contributed by atoms with Crippen LogP contribution < -0.4 is 9.46 Å². The highest BCUT2D eigenvalue weighted by Gasteiger charge is 2.22. The molecule has 0 saturated heterocycles. The van der Waals surface area contributed by atoms with Gasteiger partial charge in [-0.3, -0.25) is 0 Å². The van der Waals surface area contributed by atoms with Crippen LogP contribution in [-0.2, 0) is 16.6 Å². The summed E-state index contributed by atoms with van der Waals surface area (Å²) in [5, 5.41) is 7.70. The molecule has 0 spiro atoms. The van der Waals surface area contributed by atoms with Gasteiger partial charge >= 0.3 is 0 Å². The van der Waals surface area contributed by atoms with E-state index >= 15 is 0 Å². The number of hydrogen-bond donors (Lipinski definition) is 1. The molecule has 0 saturated carbocycles. The van der Waals surface area contributed by atoms with Gasteiger partial charge in [-0.05, 0) is 12.0 Å². The molecule has 98 valence electrons. The lowest BCUT2D eigenvalue weighted by atomic mass is 10.3. The fourth-order valence-corrected chi connectivity index (χ4v) is 2.45. The normalized spacial score (nSPS) is 12.7. The molecule has 1 unspecified atom stereocenters. The number of hydrogen-bond acceptors (Lipinski definition) is 5. The monoisotopic (exact) mass is 269 g/mol. The van der Waals surface area contributed by atoms with E-state index in [1.165, 1.54) is 13.3 Å². The molecular weight excluding hydrogens is 254 g/mol. The maximum atomic E-state index is 11.7. The molecule has 0 aliphatic carbocycles. The summed E-state index contributed by atoms with van der Waals surface area (Å²) in [6.07, 6.45) is 1.78. The number of ether oxygens (including phenoxy) is 1. The second kappa shape index (κ2) is 6.33. The van der Waals surface area contributed by atoms with Crippen LogP contribution in [0.2, 0.25) is 0 Å². The maximum absolute atomic E-state index is 11.7. The van der Waals surface area contributed by atoms with Crippen molar-refractivity contribution in [3.63, 3.8) is 0 Å². The van der Waals surface area contributed by atoms with Crippen molar-refractivity contribution in [2.24, 2.45) is 0 Å². The molecule has 1 rings (SSSR count). The summed E-state index contributed by atoms with van der Waals surface area (Å²) >= 11 is 0. The Bertz CT molecular complexity index is 519. The minimum atomic E-state index is -3.61. The number of nitrogens with zero attached hydrogens (tertiary/aromatic N) is 2. The second-order valence-corrected chi connectivity index (χ2v) is 5.55. The first kappa shape index (κ1) is 14.4. The molecule has 7 heteroatoms. The molecule has 0 amide bonds. The van der Waals surface area contributed by atoms with Gasteiger partial charge in [0.2, 0.25) is 15.9 Å². The number of nitriles is 1. The van der Waals surface area contributed by atoms with Crippen LogP contribution in [0.4, 0.5) is 0 Å². The fraction of sp³-hybridized carbons (Fsp3) is 0.455. The Morgan fingerprint density at radius 1 is 1.56 bits per heavy atom. The summed E-state index contributed by atoms with van der Waals surface area (Å²) in [4.78, 5) is 3.96. The Morgan fingerprint density at radius 3 is 2.72 bits per heavy atom. The van der Waals surface area contributed by atoms with Crippen LogP contribution >= 0.6 is 0 Å². The van der Waals surface area contributed by atoms with Crippen molar-refractivity contribution in [2.75, 3.05) is 7.11 Å². The molecule has 1 N–H and O–H groups in total. The Hall–Kier alpha value is -1.65. The number of rotatable bonds is 6. The van der Waals surface area contributed by atoms with E-state index in [1.54, 1.807) is 25.1 Å². The van der Waals surface area contributed by atoms with Gasteiger partial charge in [-0.2, -0.15) is 5.26 Å². The van der Waals surface area contributed by atoms with E-state index in [4.69, 9.17) is 10.00 Å². The van der Waals surface area contributed by atoms with Crippen LogP contribution in [0.25, 0.3) is 0 Å². The van der Waals surface area contributed by atoms with Gasteiger partial charge in [-0.1, -0.05) is 13.0 Å². The third-order valence-corrected chi connectivity index (χ3v) is 4.11. The van der Waals surface area contributed by atoms with Crippen molar-refractivity contribution in [3.8, 4) is 11.9 Å². The predicted octanol–water partition coefficient (Wildman–Crippen LogP) is 0.812. The Kier molecular flexibility index (Phi) is 5.07. The molecule has 1 aromatic heterocycles. The molecule has 0 aliphatic rings. The summed E-state index contributed by atoms with van der Waals surface area (Å²) in [7, 11) is -2.10. The standard InChI is InChI=1S/C11H15N3O3S/c1-3-10(6-12)18(15,16)14-8-9-4-5-11(17-2)13-7-9/h4-5,7,10,14H,3,8H2,1-2H3. The van der Waals surface area contributed by atoms with Crippen LogP contribution in [0.1, 0.15) is 18.9 Å². The number of sulfonamides is 1. The molecule has 1 aromatic rings. The summed E-state index contributed by atoms with van der Waals surface area (Å²) < 4.78 is 30.7. The van der Waals surface area contributed by atoms with Crippen molar-refractivity contribution in [1.82, 2.24) is 9.71 Å². The molecule has 18 heavy (non-hydrogen) atoms. The van der Waals surface area contributed by atoms with Crippen molar-refractivity contribution >= 4 is 10.0 Å². The van der Waals surface area contributed by atoms with E-state index in [0.717, 1.165) is 0 Å². The summed E-state index contributed by atoms with van der Waals surface area (Å²) in [6.45, 7) is 1.76. The zero-order valence-electron chi connectivity index (χ0n) is 10.3. The first-order valence-corrected chi connectivity index (χ1v) is 6.95. The van der Waals surface area contributed by atoms with Crippen molar-refractivity contribution < 1.29 is 13.2 Å². The molecule has 0 radical (unpaired) electrons. The van der Waals surface area contributed by atoms with Gasteiger partial charge in [0.05, 0.1) is 13.2 Å². The largest absolute Gasteiger partial charge is 0.481 e. The number of nitrogens with one attached hydrogen (secondary N) is 1. The number of pyridine rings is 1. The second-order valence-electron chi connectivity index (χ2n) is 3.60. The van der Waals surface area contributed by atoms with Gasteiger partial charge in [0.1, 0.15) is 0 Å². The number of methoxy groups -OCH3 is 1. The van der Waals surface area contributed by atoms with Crippen LogP contribution in [-0.4, -0.2) is 25.8 Å². The van der Waals surface area contributed by atoms with Gasteiger partial charge in [0.15, 0.2) is 5.25 Å². The molecule has 1 heterocycles.